The number of nitrogens with zero attached hydrogens (tertiary/aromatic N) is 4. The Bertz CT molecular complexity index is 2760. The quantitative estimate of drug-likeness (QED) is 0.185. The van der Waals surface area contributed by atoms with Crippen molar-refractivity contribution in [2.24, 2.45) is 0 Å². The maximum atomic E-state index is 6.79. The number of para-hydroxylation sites is 1. The summed E-state index contributed by atoms with van der Waals surface area (Å²) < 4.78 is 6.79. The molecule has 6 aromatic carbocycles. The van der Waals surface area contributed by atoms with Gasteiger partial charge >= 0.3 is 0 Å². The van der Waals surface area contributed by atoms with Crippen LogP contribution in [0.4, 0.5) is 0 Å². The Morgan fingerprint density at radius 2 is 1.08 bits per heavy atom. The summed E-state index contributed by atoms with van der Waals surface area (Å²) in [6.07, 6.45) is 3.90. The first-order valence-corrected chi connectivity index (χ1v) is 18.0. The number of benzene rings is 6. The topological polar surface area (TPSA) is 60.8 Å². The van der Waals surface area contributed by atoms with Crippen LogP contribution in [0.5, 0.6) is 11.5 Å². The monoisotopic (exact) mass is 682 g/mol. The predicted molar refractivity (Wildman–Crippen MR) is 211 cm³/mol. The normalized spacial score (nSPS) is 14.9. The van der Waals surface area contributed by atoms with Gasteiger partial charge in [-0.15, -0.1) is 0 Å². The molecule has 2 aromatic heterocycles. The molecule has 0 saturated carbocycles. The standard InChI is InChI=1S/C48H34N4O/c1-29-27-49-28-39(30(29)2)35-15-11-14-33(24-35)34-20-22-41-38(25-34)37-16-7-8-17-40(37)48(41)42-18-9-10-19-44(42)53-45-26-36(21-23-43(45)48)47-51-31(3)50-46(52-47)32-12-5-4-6-13-32/h4-28H,1-3H3. The molecule has 5 nitrogen and oxygen atoms in total. The number of hydrogen-bond acceptors (Lipinski definition) is 5. The first-order valence-electron chi connectivity index (χ1n) is 18.0. The number of hydrogen-bond donors (Lipinski definition) is 0. The van der Waals surface area contributed by atoms with Crippen LogP contribution in [0.3, 0.4) is 0 Å². The zero-order chi connectivity index (χ0) is 35.7. The number of aryl methyl sites for hydroxylation is 2. The molecule has 2 aliphatic rings. The average molecular weight is 683 g/mol. The molecule has 10 rings (SSSR count). The van der Waals surface area contributed by atoms with Gasteiger partial charge in [-0.25, -0.2) is 15.0 Å². The highest BCUT2D eigenvalue weighted by molar-refractivity contribution is 5.91. The highest BCUT2D eigenvalue weighted by atomic mass is 16.5. The fourth-order valence-corrected chi connectivity index (χ4v) is 8.34. The van der Waals surface area contributed by atoms with Gasteiger partial charge < -0.3 is 4.74 Å². The minimum Gasteiger partial charge on any atom is -0.457 e. The zero-order valence-electron chi connectivity index (χ0n) is 29.6. The van der Waals surface area contributed by atoms with Crippen LogP contribution in [-0.2, 0) is 5.41 Å². The SMILES string of the molecule is Cc1nc(-c2ccccc2)nc(-c2ccc3c(c2)Oc2ccccc2C32c3ccccc3-c3cc(-c4cccc(-c5cncc(C)c5C)c4)ccc32)n1. The first-order chi connectivity index (χ1) is 26.0. The minimum atomic E-state index is -0.580. The van der Waals surface area contributed by atoms with Crippen LogP contribution in [0, 0.1) is 20.8 Å². The van der Waals surface area contributed by atoms with Crippen molar-refractivity contribution in [3.8, 4) is 67.7 Å². The molecular weight excluding hydrogens is 649 g/mol. The smallest absolute Gasteiger partial charge is 0.163 e. The summed E-state index contributed by atoms with van der Waals surface area (Å²) in [4.78, 5) is 18.9. The fraction of sp³-hybridized carbons (Fsp3) is 0.0833. The molecule has 0 fully saturated rings. The minimum absolute atomic E-state index is 0.580. The molecule has 5 heteroatoms. The molecule has 53 heavy (non-hydrogen) atoms. The number of rotatable bonds is 4. The van der Waals surface area contributed by atoms with Crippen molar-refractivity contribution in [1.29, 1.82) is 0 Å². The lowest BCUT2D eigenvalue weighted by atomic mass is 9.66. The third kappa shape index (κ3) is 4.77. The van der Waals surface area contributed by atoms with E-state index < -0.39 is 5.41 Å². The van der Waals surface area contributed by atoms with Crippen molar-refractivity contribution in [3.05, 3.63) is 191 Å². The van der Waals surface area contributed by atoms with Gasteiger partial charge in [0.05, 0.1) is 5.41 Å². The van der Waals surface area contributed by atoms with Crippen molar-refractivity contribution < 1.29 is 4.74 Å². The molecule has 1 unspecified atom stereocenters. The van der Waals surface area contributed by atoms with Gasteiger partial charge in [-0.2, -0.15) is 0 Å². The van der Waals surface area contributed by atoms with E-state index in [-0.39, 0.29) is 0 Å². The summed E-state index contributed by atoms with van der Waals surface area (Å²) in [5, 5.41) is 0. The van der Waals surface area contributed by atoms with Crippen LogP contribution in [0.1, 0.15) is 39.2 Å². The van der Waals surface area contributed by atoms with Crippen LogP contribution < -0.4 is 4.74 Å². The fourth-order valence-electron chi connectivity index (χ4n) is 8.34. The summed E-state index contributed by atoms with van der Waals surface area (Å²) in [6, 6.07) is 49.6. The number of pyridine rings is 1. The molecule has 0 N–H and O–H groups in total. The van der Waals surface area contributed by atoms with Crippen LogP contribution in [0.15, 0.2) is 152 Å². The maximum absolute atomic E-state index is 6.79. The molecule has 8 aromatic rings. The van der Waals surface area contributed by atoms with Gasteiger partial charge in [0, 0.05) is 40.2 Å². The van der Waals surface area contributed by atoms with Crippen molar-refractivity contribution >= 4 is 0 Å². The van der Waals surface area contributed by atoms with E-state index in [2.05, 4.69) is 127 Å². The molecule has 1 atom stereocenters. The molecule has 0 amide bonds. The molecule has 1 aliphatic carbocycles. The third-order valence-electron chi connectivity index (χ3n) is 11.0. The Kier molecular flexibility index (Phi) is 6.99. The molecular formula is C48H34N4O. The van der Waals surface area contributed by atoms with Crippen LogP contribution >= 0.6 is 0 Å². The highest BCUT2D eigenvalue weighted by Gasteiger charge is 2.51. The average Bonchev–Trinajstić information content (AvgIpc) is 3.49. The van der Waals surface area contributed by atoms with Gasteiger partial charge in [-0.3, -0.25) is 4.98 Å². The van der Waals surface area contributed by atoms with Gasteiger partial charge in [0.25, 0.3) is 0 Å². The van der Waals surface area contributed by atoms with E-state index in [4.69, 9.17) is 14.7 Å². The van der Waals surface area contributed by atoms with Crippen LogP contribution in [0.2, 0.25) is 0 Å². The largest absolute Gasteiger partial charge is 0.457 e. The number of ether oxygens (including phenoxy) is 1. The summed E-state index contributed by atoms with van der Waals surface area (Å²) in [5.74, 6) is 3.57. The second-order valence-corrected chi connectivity index (χ2v) is 14.0. The number of fused-ring (bicyclic) bond motifs is 9. The lowest BCUT2D eigenvalue weighted by Crippen LogP contribution is -2.32. The summed E-state index contributed by atoms with van der Waals surface area (Å²) in [6.45, 7) is 6.20. The van der Waals surface area contributed by atoms with Crippen LogP contribution in [-0.4, -0.2) is 19.9 Å². The lowest BCUT2D eigenvalue weighted by molar-refractivity contribution is 0.436. The summed E-state index contributed by atoms with van der Waals surface area (Å²) in [7, 11) is 0. The van der Waals surface area contributed by atoms with Crippen molar-refractivity contribution in [3.63, 3.8) is 0 Å². The number of aromatic nitrogens is 4. The predicted octanol–water partition coefficient (Wildman–Crippen LogP) is 11.3. The van der Waals surface area contributed by atoms with Gasteiger partial charge in [0.1, 0.15) is 17.3 Å². The Hall–Kier alpha value is -6.72. The Morgan fingerprint density at radius 3 is 1.94 bits per heavy atom. The highest BCUT2D eigenvalue weighted by Crippen LogP contribution is 2.62. The van der Waals surface area contributed by atoms with E-state index in [1.165, 1.54) is 50.1 Å². The zero-order valence-corrected chi connectivity index (χ0v) is 29.6. The van der Waals surface area contributed by atoms with Gasteiger partial charge in [0.2, 0.25) is 0 Å². The Labute approximate surface area is 308 Å². The molecule has 0 saturated heterocycles. The van der Waals surface area contributed by atoms with E-state index in [1.807, 2.05) is 55.7 Å². The van der Waals surface area contributed by atoms with Gasteiger partial charge in [-0.05, 0) is 95.1 Å². The van der Waals surface area contributed by atoms with Gasteiger partial charge in [0.15, 0.2) is 11.6 Å². The maximum Gasteiger partial charge on any atom is 0.163 e. The third-order valence-corrected chi connectivity index (χ3v) is 11.0. The summed E-state index contributed by atoms with van der Waals surface area (Å²) in [5.41, 5.74) is 15.5. The Balaban J connectivity index is 1.15. The molecule has 1 aliphatic heterocycles. The summed E-state index contributed by atoms with van der Waals surface area (Å²) >= 11 is 0. The van der Waals surface area contributed by atoms with Crippen molar-refractivity contribution in [1.82, 2.24) is 19.9 Å². The Morgan fingerprint density at radius 1 is 0.434 bits per heavy atom. The molecule has 3 heterocycles. The molecule has 0 radical (unpaired) electrons. The van der Waals surface area contributed by atoms with Crippen molar-refractivity contribution in [2.75, 3.05) is 0 Å². The van der Waals surface area contributed by atoms with E-state index in [9.17, 15) is 0 Å². The first kappa shape index (κ1) is 31.1. The van der Waals surface area contributed by atoms with Gasteiger partial charge in [-0.1, -0.05) is 115 Å². The van der Waals surface area contributed by atoms with E-state index in [0.717, 1.165) is 39.3 Å². The van der Waals surface area contributed by atoms with E-state index in [0.29, 0.717) is 17.5 Å². The van der Waals surface area contributed by atoms with Crippen LogP contribution in [0.25, 0.3) is 56.2 Å². The lowest BCUT2D eigenvalue weighted by Gasteiger charge is -2.39. The molecule has 0 bridgehead atoms. The molecule has 252 valence electrons. The molecule has 1 spiro atoms. The second kappa shape index (κ2) is 11.9. The van der Waals surface area contributed by atoms with E-state index in [1.54, 1.807) is 0 Å². The van der Waals surface area contributed by atoms with E-state index >= 15 is 0 Å². The van der Waals surface area contributed by atoms with Crippen molar-refractivity contribution in [2.45, 2.75) is 26.2 Å². The second-order valence-electron chi connectivity index (χ2n) is 14.0.